The van der Waals surface area contributed by atoms with Crippen molar-refractivity contribution in [1.82, 2.24) is 0 Å². The number of benzene rings is 1. The van der Waals surface area contributed by atoms with Gasteiger partial charge in [-0.05, 0) is 19.1 Å². The Morgan fingerprint density at radius 2 is 2.05 bits per heavy atom. The Morgan fingerprint density at radius 1 is 1.38 bits per heavy atom. The van der Waals surface area contributed by atoms with Crippen LogP contribution in [0.15, 0.2) is 30.4 Å². The molecule has 0 radical (unpaired) electrons. The maximum atomic E-state index is 13.7. The van der Waals surface area contributed by atoms with Crippen LogP contribution < -0.4 is 4.74 Å². The molecule has 0 spiro atoms. The summed E-state index contributed by atoms with van der Waals surface area (Å²) in [5, 5.41) is 0. The fourth-order valence-electron chi connectivity index (χ4n) is 1.68. The molecule has 114 valence electrons. The number of carbonyl (C=O) groups is 2. The van der Waals surface area contributed by atoms with Crippen molar-refractivity contribution in [2.24, 2.45) is 0 Å². The third-order valence-electron chi connectivity index (χ3n) is 2.62. The van der Waals surface area contributed by atoms with Gasteiger partial charge in [0.25, 0.3) is 0 Å². The summed E-state index contributed by atoms with van der Waals surface area (Å²) in [6.07, 6.45) is -1.11. The summed E-state index contributed by atoms with van der Waals surface area (Å²) in [6, 6.07) is 3.98. The van der Waals surface area contributed by atoms with Crippen LogP contribution in [0.1, 0.15) is 25.5 Å². The average Bonchev–Trinajstić information content (AvgIpc) is 2.44. The van der Waals surface area contributed by atoms with Gasteiger partial charge in [-0.15, -0.1) is 0 Å². The van der Waals surface area contributed by atoms with Gasteiger partial charge in [-0.3, -0.25) is 4.79 Å². The number of carbonyl (C=O) groups excluding carboxylic acids is 2. The Morgan fingerprint density at radius 3 is 2.52 bits per heavy atom. The number of rotatable bonds is 6. The summed E-state index contributed by atoms with van der Waals surface area (Å²) in [5.41, 5.74) is 0.179. The zero-order valence-corrected chi connectivity index (χ0v) is 12.1. The van der Waals surface area contributed by atoms with E-state index in [2.05, 4.69) is 6.58 Å². The van der Waals surface area contributed by atoms with Crippen LogP contribution >= 0.6 is 0 Å². The molecule has 0 heterocycles. The molecule has 5 nitrogen and oxygen atoms in total. The van der Waals surface area contributed by atoms with E-state index in [1.54, 1.807) is 6.92 Å². The lowest BCUT2D eigenvalue weighted by atomic mass is 10.0. The summed E-state index contributed by atoms with van der Waals surface area (Å²) >= 11 is 0. The van der Waals surface area contributed by atoms with Crippen LogP contribution in [-0.2, 0) is 19.1 Å². The molecule has 0 aliphatic heterocycles. The van der Waals surface area contributed by atoms with Gasteiger partial charge in [-0.1, -0.05) is 12.6 Å². The van der Waals surface area contributed by atoms with E-state index < -0.39 is 23.9 Å². The second-order valence-electron chi connectivity index (χ2n) is 4.13. The Kier molecular flexibility index (Phi) is 5.90. The number of ether oxygens (including phenoxy) is 3. The lowest BCUT2D eigenvalue weighted by Crippen LogP contribution is -2.18. The van der Waals surface area contributed by atoms with Gasteiger partial charge in [-0.2, -0.15) is 0 Å². The maximum Gasteiger partial charge on any atom is 0.337 e. The SMILES string of the molecule is C=C(C(=O)OCC)C(OC(C)=O)c1ccc(OC)c(F)c1. The number of hydrogen-bond acceptors (Lipinski definition) is 5. The quantitative estimate of drug-likeness (QED) is 0.596. The van der Waals surface area contributed by atoms with Crippen molar-refractivity contribution in [3.63, 3.8) is 0 Å². The van der Waals surface area contributed by atoms with E-state index in [1.165, 1.54) is 26.2 Å². The highest BCUT2D eigenvalue weighted by atomic mass is 19.1. The summed E-state index contributed by atoms with van der Waals surface area (Å²) < 4.78 is 28.4. The fraction of sp³-hybridized carbons (Fsp3) is 0.333. The first kappa shape index (κ1) is 16.7. The molecule has 0 aromatic heterocycles. The van der Waals surface area contributed by atoms with Crippen LogP contribution in [0, 0.1) is 5.82 Å². The van der Waals surface area contributed by atoms with E-state index in [0.29, 0.717) is 0 Å². The summed E-state index contributed by atoms with van der Waals surface area (Å²) in [7, 11) is 1.33. The minimum Gasteiger partial charge on any atom is -0.494 e. The van der Waals surface area contributed by atoms with Crippen molar-refractivity contribution in [3.05, 3.63) is 41.7 Å². The third kappa shape index (κ3) is 4.30. The maximum absolute atomic E-state index is 13.7. The molecular weight excluding hydrogens is 279 g/mol. The molecule has 0 N–H and O–H groups in total. The van der Waals surface area contributed by atoms with E-state index in [1.807, 2.05) is 0 Å². The Bertz CT molecular complexity index is 553. The van der Waals surface area contributed by atoms with Crippen molar-refractivity contribution in [1.29, 1.82) is 0 Å². The second kappa shape index (κ2) is 7.42. The van der Waals surface area contributed by atoms with Crippen LogP contribution in [0.4, 0.5) is 4.39 Å². The molecule has 1 aromatic rings. The van der Waals surface area contributed by atoms with E-state index in [-0.39, 0.29) is 23.5 Å². The second-order valence-corrected chi connectivity index (χ2v) is 4.13. The Hall–Kier alpha value is -2.37. The van der Waals surface area contributed by atoms with Gasteiger partial charge in [0, 0.05) is 12.5 Å². The van der Waals surface area contributed by atoms with Gasteiger partial charge in [0.2, 0.25) is 0 Å². The van der Waals surface area contributed by atoms with Crippen molar-refractivity contribution in [3.8, 4) is 5.75 Å². The van der Waals surface area contributed by atoms with E-state index in [4.69, 9.17) is 14.2 Å². The molecular formula is C15H17FO5. The molecule has 0 aliphatic carbocycles. The fourth-order valence-corrected chi connectivity index (χ4v) is 1.68. The number of esters is 2. The molecule has 1 aromatic carbocycles. The average molecular weight is 296 g/mol. The van der Waals surface area contributed by atoms with Crippen molar-refractivity contribution in [2.75, 3.05) is 13.7 Å². The lowest BCUT2D eigenvalue weighted by molar-refractivity contribution is -0.147. The topological polar surface area (TPSA) is 61.8 Å². The monoisotopic (exact) mass is 296 g/mol. The predicted molar refractivity (Wildman–Crippen MR) is 73.2 cm³/mol. The standard InChI is InChI=1S/C15H17FO5/c1-5-20-15(18)9(2)14(21-10(3)17)11-6-7-13(19-4)12(16)8-11/h6-8,14H,2,5H2,1,3-4H3. The minimum absolute atomic E-state index is 0.0436. The number of hydrogen-bond donors (Lipinski definition) is 0. The molecule has 0 saturated carbocycles. The highest BCUT2D eigenvalue weighted by Gasteiger charge is 2.25. The van der Waals surface area contributed by atoms with Gasteiger partial charge < -0.3 is 14.2 Å². The largest absolute Gasteiger partial charge is 0.494 e. The van der Waals surface area contributed by atoms with E-state index in [9.17, 15) is 14.0 Å². The zero-order chi connectivity index (χ0) is 16.0. The molecule has 6 heteroatoms. The molecule has 1 atom stereocenters. The van der Waals surface area contributed by atoms with E-state index in [0.717, 1.165) is 6.07 Å². The van der Waals surface area contributed by atoms with Crippen molar-refractivity contribution in [2.45, 2.75) is 20.0 Å². The first-order valence-electron chi connectivity index (χ1n) is 6.27. The smallest absolute Gasteiger partial charge is 0.337 e. The molecule has 1 unspecified atom stereocenters. The first-order valence-corrected chi connectivity index (χ1v) is 6.27. The molecule has 0 aliphatic rings. The van der Waals surface area contributed by atoms with Crippen LogP contribution in [0.3, 0.4) is 0 Å². The molecule has 1 rings (SSSR count). The van der Waals surface area contributed by atoms with Crippen molar-refractivity contribution < 1.29 is 28.2 Å². The van der Waals surface area contributed by atoms with Crippen LogP contribution in [0.2, 0.25) is 0 Å². The van der Waals surface area contributed by atoms with Gasteiger partial charge in [-0.25, -0.2) is 9.18 Å². The lowest BCUT2D eigenvalue weighted by Gasteiger charge is -2.19. The summed E-state index contributed by atoms with van der Waals surface area (Å²) in [6.45, 7) is 6.55. The zero-order valence-electron chi connectivity index (χ0n) is 12.1. The molecule has 21 heavy (non-hydrogen) atoms. The van der Waals surface area contributed by atoms with Gasteiger partial charge in [0.1, 0.15) is 0 Å². The number of methoxy groups -OCH3 is 1. The minimum atomic E-state index is -1.11. The normalized spacial score (nSPS) is 11.4. The van der Waals surface area contributed by atoms with E-state index >= 15 is 0 Å². The predicted octanol–water partition coefficient (Wildman–Crippen LogP) is 2.56. The van der Waals surface area contributed by atoms with Crippen LogP contribution in [0.25, 0.3) is 0 Å². The molecule has 0 fully saturated rings. The Balaban J connectivity index is 3.13. The highest BCUT2D eigenvalue weighted by molar-refractivity contribution is 5.89. The van der Waals surface area contributed by atoms with Crippen LogP contribution in [-0.4, -0.2) is 25.7 Å². The van der Waals surface area contributed by atoms with Gasteiger partial charge in [0.05, 0.1) is 19.3 Å². The number of halogens is 1. The molecule has 0 amide bonds. The highest BCUT2D eigenvalue weighted by Crippen LogP contribution is 2.29. The Labute approximate surface area is 122 Å². The molecule has 0 saturated heterocycles. The summed E-state index contributed by atoms with van der Waals surface area (Å²) in [5.74, 6) is -1.92. The third-order valence-corrected chi connectivity index (χ3v) is 2.62. The first-order chi connectivity index (χ1) is 9.90. The van der Waals surface area contributed by atoms with Gasteiger partial charge >= 0.3 is 11.9 Å². The molecule has 0 bridgehead atoms. The van der Waals surface area contributed by atoms with Gasteiger partial charge in [0.15, 0.2) is 17.7 Å². The van der Waals surface area contributed by atoms with Crippen molar-refractivity contribution >= 4 is 11.9 Å². The van der Waals surface area contributed by atoms with Crippen LogP contribution in [0.5, 0.6) is 5.75 Å². The summed E-state index contributed by atoms with van der Waals surface area (Å²) in [4.78, 5) is 22.9.